The lowest BCUT2D eigenvalue weighted by molar-refractivity contribution is 0.313. The van der Waals surface area contributed by atoms with E-state index in [1.54, 1.807) is 0 Å². The molecule has 0 bridgehead atoms. The first-order chi connectivity index (χ1) is 9.33. The maximum atomic E-state index is 5.75. The highest BCUT2D eigenvalue weighted by Gasteiger charge is 2.20. The van der Waals surface area contributed by atoms with Crippen LogP contribution in [0.5, 0.6) is 5.75 Å². The highest BCUT2D eigenvalue weighted by molar-refractivity contribution is 5.50. The molecule has 3 nitrogen and oxygen atoms in total. The molecule has 106 valence electrons. The Morgan fingerprint density at radius 1 is 1.26 bits per heavy atom. The molecule has 1 N–H and O–H groups in total. The van der Waals surface area contributed by atoms with Gasteiger partial charge < -0.3 is 10.1 Å². The number of hydrogen-bond donors (Lipinski definition) is 1. The number of ether oxygens (including phenoxy) is 1. The fraction of sp³-hybridized carbons (Fsp3) is 0.688. The standard InChI is InChI=1S/C16H26N2O/c1-3-12-19-15-6-5-11-17-16(15)18-14-9-7-13(4-2)8-10-14/h5-6,11,13-14H,3-4,7-10,12H2,1-2H3,(H,17,18). The molecule has 1 saturated carbocycles. The van der Waals surface area contributed by atoms with Crippen LogP contribution in [0.3, 0.4) is 0 Å². The van der Waals surface area contributed by atoms with Crippen LogP contribution in [0.2, 0.25) is 0 Å². The summed E-state index contributed by atoms with van der Waals surface area (Å²) in [5, 5.41) is 3.57. The Hall–Kier alpha value is -1.25. The van der Waals surface area contributed by atoms with Gasteiger partial charge in [-0.3, -0.25) is 0 Å². The second kappa shape index (κ2) is 7.37. The van der Waals surface area contributed by atoms with Crippen LogP contribution in [0.1, 0.15) is 52.4 Å². The van der Waals surface area contributed by atoms with Crippen molar-refractivity contribution in [1.82, 2.24) is 4.98 Å². The molecule has 0 aliphatic heterocycles. The first-order valence-electron chi connectivity index (χ1n) is 7.67. The van der Waals surface area contributed by atoms with Crippen molar-refractivity contribution in [2.45, 2.75) is 58.4 Å². The largest absolute Gasteiger partial charge is 0.490 e. The number of nitrogens with zero attached hydrogens (tertiary/aromatic N) is 1. The van der Waals surface area contributed by atoms with Gasteiger partial charge in [0.2, 0.25) is 0 Å². The van der Waals surface area contributed by atoms with Crippen LogP contribution >= 0.6 is 0 Å². The third-order valence-electron chi connectivity index (χ3n) is 4.00. The predicted octanol–water partition coefficient (Wildman–Crippen LogP) is 4.25. The number of rotatable bonds is 6. The van der Waals surface area contributed by atoms with Gasteiger partial charge in [0.05, 0.1) is 6.61 Å². The normalized spacial score (nSPS) is 23.1. The quantitative estimate of drug-likeness (QED) is 0.832. The SMILES string of the molecule is CCCOc1cccnc1NC1CCC(CC)CC1. The Morgan fingerprint density at radius 3 is 2.74 bits per heavy atom. The van der Waals surface area contributed by atoms with Crippen molar-refractivity contribution in [2.75, 3.05) is 11.9 Å². The van der Waals surface area contributed by atoms with Crippen molar-refractivity contribution in [3.05, 3.63) is 18.3 Å². The summed E-state index contributed by atoms with van der Waals surface area (Å²) in [4.78, 5) is 4.43. The van der Waals surface area contributed by atoms with Crippen molar-refractivity contribution < 1.29 is 4.74 Å². The van der Waals surface area contributed by atoms with Crippen molar-refractivity contribution in [2.24, 2.45) is 5.92 Å². The summed E-state index contributed by atoms with van der Waals surface area (Å²) in [5.41, 5.74) is 0. The van der Waals surface area contributed by atoms with Crippen LogP contribution in [-0.4, -0.2) is 17.6 Å². The fourth-order valence-electron chi connectivity index (χ4n) is 2.74. The Kier molecular flexibility index (Phi) is 5.49. The lowest BCUT2D eigenvalue weighted by Crippen LogP contribution is -2.26. The minimum Gasteiger partial charge on any atom is -0.490 e. The van der Waals surface area contributed by atoms with Gasteiger partial charge in [-0.25, -0.2) is 4.98 Å². The molecule has 0 unspecified atom stereocenters. The second-order valence-corrected chi connectivity index (χ2v) is 5.47. The van der Waals surface area contributed by atoms with Crippen molar-refractivity contribution in [1.29, 1.82) is 0 Å². The highest BCUT2D eigenvalue weighted by atomic mass is 16.5. The van der Waals surface area contributed by atoms with E-state index in [0.29, 0.717) is 6.04 Å². The van der Waals surface area contributed by atoms with Crippen LogP contribution in [0.4, 0.5) is 5.82 Å². The zero-order chi connectivity index (χ0) is 13.5. The molecule has 1 aliphatic rings. The van der Waals surface area contributed by atoms with E-state index in [9.17, 15) is 0 Å². The molecule has 1 aromatic heterocycles. The van der Waals surface area contributed by atoms with E-state index in [0.717, 1.165) is 30.5 Å². The number of nitrogens with one attached hydrogen (secondary N) is 1. The van der Waals surface area contributed by atoms with Gasteiger partial charge in [-0.2, -0.15) is 0 Å². The average Bonchev–Trinajstić information content (AvgIpc) is 2.47. The third kappa shape index (κ3) is 4.12. The second-order valence-electron chi connectivity index (χ2n) is 5.47. The van der Waals surface area contributed by atoms with Crippen LogP contribution in [0.25, 0.3) is 0 Å². The first kappa shape index (κ1) is 14.2. The molecule has 1 aliphatic carbocycles. The Morgan fingerprint density at radius 2 is 2.05 bits per heavy atom. The highest BCUT2D eigenvalue weighted by Crippen LogP contribution is 2.30. The van der Waals surface area contributed by atoms with E-state index in [4.69, 9.17) is 4.74 Å². The predicted molar refractivity (Wildman–Crippen MR) is 79.7 cm³/mol. The molecule has 0 saturated heterocycles. The molecule has 0 atom stereocenters. The topological polar surface area (TPSA) is 34.1 Å². The van der Waals surface area contributed by atoms with E-state index >= 15 is 0 Å². The molecule has 0 radical (unpaired) electrons. The summed E-state index contributed by atoms with van der Waals surface area (Å²) in [5.74, 6) is 2.73. The Labute approximate surface area is 116 Å². The van der Waals surface area contributed by atoms with Crippen molar-refractivity contribution in [3.63, 3.8) is 0 Å². The molecule has 2 rings (SSSR count). The van der Waals surface area contributed by atoms with Gasteiger partial charge >= 0.3 is 0 Å². The summed E-state index contributed by atoms with van der Waals surface area (Å²) >= 11 is 0. The summed E-state index contributed by atoms with van der Waals surface area (Å²) in [6.45, 7) is 5.17. The smallest absolute Gasteiger partial charge is 0.168 e. The molecular weight excluding hydrogens is 236 g/mol. The van der Waals surface area contributed by atoms with Gasteiger partial charge in [0.25, 0.3) is 0 Å². The lowest BCUT2D eigenvalue weighted by atomic mass is 9.84. The van der Waals surface area contributed by atoms with E-state index in [2.05, 4.69) is 24.1 Å². The summed E-state index contributed by atoms with van der Waals surface area (Å²) < 4.78 is 5.75. The minimum absolute atomic E-state index is 0.557. The van der Waals surface area contributed by atoms with E-state index in [1.165, 1.54) is 32.1 Å². The van der Waals surface area contributed by atoms with E-state index in [1.807, 2.05) is 18.3 Å². The van der Waals surface area contributed by atoms with Gasteiger partial charge in [0.1, 0.15) is 0 Å². The van der Waals surface area contributed by atoms with Gasteiger partial charge in [-0.1, -0.05) is 20.3 Å². The summed E-state index contributed by atoms with van der Waals surface area (Å²) in [7, 11) is 0. The van der Waals surface area contributed by atoms with Crippen molar-refractivity contribution in [3.8, 4) is 5.75 Å². The molecular formula is C16H26N2O. The van der Waals surface area contributed by atoms with Crippen LogP contribution < -0.4 is 10.1 Å². The average molecular weight is 262 g/mol. The molecule has 1 heterocycles. The monoisotopic (exact) mass is 262 g/mol. The molecule has 0 spiro atoms. The van der Waals surface area contributed by atoms with Gasteiger partial charge in [-0.15, -0.1) is 0 Å². The number of aromatic nitrogens is 1. The van der Waals surface area contributed by atoms with E-state index in [-0.39, 0.29) is 0 Å². The molecule has 1 fully saturated rings. The minimum atomic E-state index is 0.557. The first-order valence-corrected chi connectivity index (χ1v) is 7.67. The zero-order valence-corrected chi connectivity index (χ0v) is 12.2. The van der Waals surface area contributed by atoms with Crippen LogP contribution in [0.15, 0.2) is 18.3 Å². The molecule has 0 amide bonds. The molecule has 0 aromatic carbocycles. The Bertz CT molecular complexity index is 373. The van der Waals surface area contributed by atoms with Gasteiger partial charge in [0, 0.05) is 12.2 Å². The fourth-order valence-corrected chi connectivity index (χ4v) is 2.74. The number of pyridine rings is 1. The maximum Gasteiger partial charge on any atom is 0.168 e. The third-order valence-corrected chi connectivity index (χ3v) is 4.00. The Balaban J connectivity index is 1.91. The maximum absolute atomic E-state index is 5.75. The molecule has 3 heteroatoms. The van der Waals surface area contributed by atoms with E-state index < -0.39 is 0 Å². The van der Waals surface area contributed by atoms with Crippen molar-refractivity contribution >= 4 is 5.82 Å². The van der Waals surface area contributed by atoms with Crippen LogP contribution in [0, 0.1) is 5.92 Å². The summed E-state index contributed by atoms with van der Waals surface area (Å²) in [6, 6.07) is 4.49. The molecule has 19 heavy (non-hydrogen) atoms. The van der Waals surface area contributed by atoms with Gasteiger partial charge in [-0.05, 0) is 50.2 Å². The zero-order valence-electron chi connectivity index (χ0n) is 12.2. The van der Waals surface area contributed by atoms with Crippen LogP contribution in [-0.2, 0) is 0 Å². The number of anilines is 1. The van der Waals surface area contributed by atoms with Gasteiger partial charge in [0.15, 0.2) is 11.6 Å². The molecule has 1 aromatic rings. The number of hydrogen-bond acceptors (Lipinski definition) is 3. The lowest BCUT2D eigenvalue weighted by Gasteiger charge is -2.29. The summed E-state index contributed by atoms with van der Waals surface area (Å²) in [6.07, 6.45) is 9.36.